The van der Waals surface area contributed by atoms with E-state index < -0.39 is 0 Å². The van der Waals surface area contributed by atoms with Crippen molar-refractivity contribution in [3.8, 4) is 0 Å². The molecular weight excluding hydrogens is 264 g/mol. The first-order valence-corrected chi connectivity index (χ1v) is 7.76. The van der Waals surface area contributed by atoms with Gasteiger partial charge >= 0.3 is 0 Å². The molecule has 0 aliphatic carbocycles. The first-order valence-electron chi connectivity index (χ1n) is 7.76. The molecule has 0 heteroatoms. The Morgan fingerprint density at radius 2 is 1.41 bits per heavy atom. The molecule has 0 atom stereocenters. The smallest absolute Gasteiger partial charge is 0.0112 e. The molecule has 0 aliphatic rings. The standard InChI is InChI=1S/C18H18.2C2H6/c1-5-7-12-15(3)16(4)18(11-6-2)17-13-9-8-10-14-17;2*1-2/h5-14H,1-4H2;2*1-2H3/b12-7-,18-11+;;. The van der Waals surface area contributed by atoms with Crippen molar-refractivity contribution in [3.05, 3.63) is 104 Å². The van der Waals surface area contributed by atoms with Crippen LogP contribution in [0.5, 0.6) is 0 Å². The minimum Gasteiger partial charge on any atom is -0.0991 e. The molecule has 1 rings (SSSR count). The first-order chi connectivity index (χ1) is 10.7. The molecule has 1 aromatic rings. The summed E-state index contributed by atoms with van der Waals surface area (Å²) in [5.74, 6) is 0. The van der Waals surface area contributed by atoms with Crippen molar-refractivity contribution in [2.24, 2.45) is 0 Å². The summed E-state index contributed by atoms with van der Waals surface area (Å²) < 4.78 is 0. The molecule has 0 saturated carbocycles. The highest BCUT2D eigenvalue weighted by Gasteiger charge is 2.06. The SMILES string of the molecule is C=C/C=C\C(=C)C(=C)/C(=C\C=C)c1ccccc1.CC.CC. The van der Waals surface area contributed by atoms with Crippen molar-refractivity contribution in [1.82, 2.24) is 0 Å². The maximum Gasteiger partial charge on any atom is -0.0112 e. The monoisotopic (exact) mass is 294 g/mol. The molecule has 0 heterocycles. The zero-order chi connectivity index (χ0) is 17.4. The second kappa shape index (κ2) is 15.1. The Kier molecular flexibility index (Phi) is 15.0. The lowest BCUT2D eigenvalue weighted by Crippen LogP contribution is -1.90. The van der Waals surface area contributed by atoms with E-state index in [1.165, 1.54) is 0 Å². The van der Waals surface area contributed by atoms with Crippen LogP contribution in [-0.2, 0) is 0 Å². The fraction of sp³-hybridized carbons (Fsp3) is 0.182. The Bertz CT molecular complexity index is 510. The predicted molar refractivity (Wildman–Crippen MR) is 105 cm³/mol. The average molecular weight is 294 g/mol. The third kappa shape index (κ3) is 8.06. The van der Waals surface area contributed by atoms with Gasteiger partial charge in [0.1, 0.15) is 0 Å². The van der Waals surface area contributed by atoms with E-state index in [2.05, 4.69) is 26.3 Å². The molecule has 0 amide bonds. The molecular formula is C22H30. The van der Waals surface area contributed by atoms with E-state index in [1.54, 1.807) is 12.2 Å². The molecule has 0 radical (unpaired) electrons. The summed E-state index contributed by atoms with van der Waals surface area (Å²) in [6, 6.07) is 10.1. The van der Waals surface area contributed by atoms with Crippen LogP contribution < -0.4 is 0 Å². The molecule has 0 fully saturated rings. The third-order valence-electron chi connectivity index (χ3n) is 2.52. The Balaban J connectivity index is 0. The second-order valence-corrected chi connectivity index (χ2v) is 3.78. The highest BCUT2D eigenvalue weighted by molar-refractivity contribution is 5.84. The number of rotatable bonds is 6. The van der Waals surface area contributed by atoms with Gasteiger partial charge in [-0.2, -0.15) is 0 Å². The number of hydrogen-bond donors (Lipinski definition) is 0. The molecule has 22 heavy (non-hydrogen) atoms. The highest BCUT2D eigenvalue weighted by atomic mass is 14.1. The lowest BCUT2D eigenvalue weighted by Gasteiger charge is -2.11. The number of benzene rings is 1. The minimum atomic E-state index is 0.867. The average Bonchev–Trinajstić information content (AvgIpc) is 2.61. The van der Waals surface area contributed by atoms with Crippen molar-refractivity contribution in [2.45, 2.75) is 27.7 Å². The molecule has 0 aromatic heterocycles. The summed E-state index contributed by atoms with van der Waals surface area (Å²) in [7, 11) is 0. The van der Waals surface area contributed by atoms with Gasteiger partial charge in [0.2, 0.25) is 0 Å². The van der Waals surface area contributed by atoms with Gasteiger partial charge in [0.25, 0.3) is 0 Å². The van der Waals surface area contributed by atoms with Gasteiger partial charge in [-0.3, -0.25) is 0 Å². The predicted octanol–water partition coefficient (Wildman–Crippen LogP) is 7.16. The third-order valence-corrected chi connectivity index (χ3v) is 2.52. The lowest BCUT2D eigenvalue weighted by molar-refractivity contribution is 1.50. The van der Waals surface area contributed by atoms with Crippen LogP contribution in [-0.4, -0.2) is 0 Å². The normalized spacial score (nSPS) is 9.73. The van der Waals surface area contributed by atoms with E-state index in [4.69, 9.17) is 0 Å². The fourth-order valence-corrected chi connectivity index (χ4v) is 1.56. The Labute approximate surface area is 137 Å². The molecule has 0 saturated heterocycles. The van der Waals surface area contributed by atoms with Gasteiger partial charge in [-0.05, 0) is 22.3 Å². The van der Waals surface area contributed by atoms with Crippen molar-refractivity contribution >= 4 is 5.57 Å². The van der Waals surface area contributed by atoms with Gasteiger partial charge in [-0.1, -0.05) is 115 Å². The van der Waals surface area contributed by atoms with Gasteiger partial charge in [0.05, 0.1) is 0 Å². The summed E-state index contributed by atoms with van der Waals surface area (Å²) in [5, 5.41) is 0. The minimum absolute atomic E-state index is 0.867. The quantitative estimate of drug-likeness (QED) is 0.488. The maximum absolute atomic E-state index is 4.10. The van der Waals surface area contributed by atoms with Crippen LogP contribution in [0.25, 0.3) is 5.57 Å². The van der Waals surface area contributed by atoms with E-state index in [0.29, 0.717) is 0 Å². The molecule has 0 N–H and O–H groups in total. The zero-order valence-electron chi connectivity index (χ0n) is 14.6. The van der Waals surface area contributed by atoms with Gasteiger partial charge in [-0.15, -0.1) is 0 Å². The molecule has 0 aliphatic heterocycles. The van der Waals surface area contributed by atoms with Crippen molar-refractivity contribution in [3.63, 3.8) is 0 Å². The molecule has 0 unspecified atom stereocenters. The van der Waals surface area contributed by atoms with Gasteiger partial charge in [0, 0.05) is 0 Å². The molecule has 118 valence electrons. The van der Waals surface area contributed by atoms with E-state index in [-0.39, 0.29) is 0 Å². The largest absolute Gasteiger partial charge is 0.0991 e. The Morgan fingerprint density at radius 3 is 1.86 bits per heavy atom. The summed E-state index contributed by atoms with van der Waals surface area (Å²) >= 11 is 0. The molecule has 0 bridgehead atoms. The lowest BCUT2D eigenvalue weighted by atomic mass is 9.93. The Morgan fingerprint density at radius 1 is 0.864 bits per heavy atom. The van der Waals surface area contributed by atoms with Crippen LogP contribution in [0.3, 0.4) is 0 Å². The summed E-state index contributed by atoms with van der Waals surface area (Å²) in [6.45, 7) is 23.5. The van der Waals surface area contributed by atoms with Crippen LogP contribution in [0.1, 0.15) is 33.3 Å². The van der Waals surface area contributed by atoms with Crippen LogP contribution in [0.2, 0.25) is 0 Å². The zero-order valence-corrected chi connectivity index (χ0v) is 14.6. The molecule has 0 spiro atoms. The molecule has 0 nitrogen and oxygen atoms in total. The van der Waals surface area contributed by atoms with Crippen LogP contribution in [0.4, 0.5) is 0 Å². The van der Waals surface area contributed by atoms with Crippen molar-refractivity contribution in [1.29, 1.82) is 0 Å². The number of hydrogen-bond acceptors (Lipinski definition) is 0. The fourth-order valence-electron chi connectivity index (χ4n) is 1.56. The van der Waals surface area contributed by atoms with Crippen LogP contribution in [0.15, 0.2) is 98.2 Å². The van der Waals surface area contributed by atoms with Crippen molar-refractivity contribution < 1.29 is 0 Å². The van der Waals surface area contributed by atoms with Gasteiger partial charge in [0.15, 0.2) is 0 Å². The van der Waals surface area contributed by atoms with Crippen LogP contribution >= 0.6 is 0 Å². The Hall–Kier alpha value is -2.34. The number of allylic oxidation sites excluding steroid dienone is 8. The van der Waals surface area contributed by atoms with E-state index in [9.17, 15) is 0 Å². The van der Waals surface area contributed by atoms with E-state index in [1.807, 2.05) is 76.3 Å². The summed E-state index contributed by atoms with van der Waals surface area (Å²) in [6.07, 6.45) is 9.18. The van der Waals surface area contributed by atoms with Gasteiger partial charge in [-0.25, -0.2) is 0 Å². The molecule has 1 aromatic carbocycles. The second-order valence-electron chi connectivity index (χ2n) is 3.78. The topological polar surface area (TPSA) is 0 Å². The first kappa shape index (κ1) is 21.9. The maximum atomic E-state index is 4.10. The van der Waals surface area contributed by atoms with Crippen molar-refractivity contribution in [2.75, 3.05) is 0 Å². The van der Waals surface area contributed by atoms with E-state index in [0.717, 1.165) is 22.3 Å². The van der Waals surface area contributed by atoms with Crippen LogP contribution in [0, 0.1) is 0 Å². The van der Waals surface area contributed by atoms with Gasteiger partial charge < -0.3 is 0 Å². The van der Waals surface area contributed by atoms with E-state index >= 15 is 0 Å². The highest BCUT2D eigenvalue weighted by Crippen LogP contribution is 2.27. The summed E-state index contributed by atoms with van der Waals surface area (Å²) in [5.41, 5.74) is 3.89. The summed E-state index contributed by atoms with van der Waals surface area (Å²) in [4.78, 5) is 0.